The molecule has 0 bridgehead atoms. The van der Waals surface area contributed by atoms with Crippen LogP contribution in [0.1, 0.15) is 29.7 Å². The summed E-state index contributed by atoms with van der Waals surface area (Å²) in [5.74, 6) is 0. The lowest BCUT2D eigenvalue weighted by atomic mass is 10.1. The summed E-state index contributed by atoms with van der Waals surface area (Å²) >= 11 is 0. The van der Waals surface area contributed by atoms with Crippen LogP contribution in [0.15, 0.2) is 48.5 Å². The van der Waals surface area contributed by atoms with Gasteiger partial charge in [0.2, 0.25) is 0 Å². The molecular formula is C21H27N3O. The van der Waals surface area contributed by atoms with Crippen molar-refractivity contribution < 1.29 is 4.79 Å². The first-order chi connectivity index (χ1) is 12.0. The zero-order chi connectivity index (χ0) is 17.8. The molecule has 1 N–H and O–H groups in total. The maximum atomic E-state index is 12.5. The van der Waals surface area contributed by atoms with Crippen molar-refractivity contribution in [2.45, 2.75) is 26.8 Å². The first-order valence-electron chi connectivity index (χ1n) is 8.97. The van der Waals surface area contributed by atoms with Gasteiger partial charge in [-0.3, -0.25) is 0 Å². The average molecular weight is 337 g/mol. The summed E-state index contributed by atoms with van der Waals surface area (Å²) < 4.78 is 0. The van der Waals surface area contributed by atoms with Crippen molar-refractivity contribution in [3.05, 3.63) is 65.2 Å². The molecule has 0 aliphatic carbocycles. The summed E-state index contributed by atoms with van der Waals surface area (Å²) in [5, 5.41) is 3.11. The maximum absolute atomic E-state index is 12.5. The van der Waals surface area contributed by atoms with E-state index in [1.807, 2.05) is 42.2 Å². The molecule has 1 fully saturated rings. The summed E-state index contributed by atoms with van der Waals surface area (Å²) in [6.07, 6.45) is 0. The molecule has 1 aliphatic heterocycles. The van der Waals surface area contributed by atoms with E-state index in [9.17, 15) is 4.79 Å². The molecule has 0 aromatic heterocycles. The molecule has 2 aromatic carbocycles. The zero-order valence-corrected chi connectivity index (χ0v) is 15.3. The molecule has 4 heteroatoms. The predicted molar refractivity (Wildman–Crippen MR) is 103 cm³/mol. The number of anilines is 1. The van der Waals surface area contributed by atoms with Gasteiger partial charge in [-0.25, -0.2) is 4.79 Å². The highest BCUT2D eigenvalue weighted by Gasteiger charge is 2.23. The van der Waals surface area contributed by atoms with Gasteiger partial charge in [0.15, 0.2) is 0 Å². The van der Waals surface area contributed by atoms with E-state index >= 15 is 0 Å². The Labute approximate surface area is 150 Å². The zero-order valence-electron chi connectivity index (χ0n) is 15.3. The molecule has 0 spiro atoms. The van der Waals surface area contributed by atoms with Crippen LogP contribution in [-0.4, -0.2) is 37.1 Å². The Morgan fingerprint density at radius 1 is 1.00 bits per heavy atom. The van der Waals surface area contributed by atoms with Crippen LogP contribution < -0.4 is 10.2 Å². The van der Waals surface area contributed by atoms with Gasteiger partial charge in [-0.15, -0.1) is 0 Å². The van der Waals surface area contributed by atoms with Crippen LogP contribution in [0.25, 0.3) is 0 Å². The third-order valence-corrected chi connectivity index (χ3v) is 4.91. The van der Waals surface area contributed by atoms with Crippen molar-refractivity contribution >= 4 is 11.7 Å². The van der Waals surface area contributed by atoms with Crippen molar-refractivity contribution in [3.8, 4) is 0 Å². The fourth-order valence-electron chi connectivity index (χ4n) is 3.31. The second kappa shape index (κ2) is 7.60. The summed E-state index contributed by atoms with van der Waals surface area (Å²) in [6.45, 7) is 9.54. The molecule has 2 amide bonds. The number of nitrogens with zero attached hydrogens (tertiary/aromatic N) is 2. The Hall–Kier alpha value is -2.49. The fourth-order valence-corrected chi connectivity index (χ4v) is 3.31. The molecule has 1 atom stereocenters. The van der Waals surface area contributed by atoms with Crippen molar-refractivity contribution in [1.29, 1.82) is 0 Å². The Balaban J connectivity index is 1.57. The van der Waals surface area contributed by atoms with Crippen molar-refractivity contribution in [2.24, 2.45) is 0 Å². The van der Waals surface area contributed by atoms with E-state index in [1.165, 1.54) is 16.8 Å². The van der Waals surface area contributed by atoms with Gasteiger partial charge in [0.05, 0.1) is 6.04 Å². The number of carbonyl (C=O) groups is 1. The van der Waals surface area contributed by atoms with E-state index < -0.39 is 0 Å². The average Bonchev–Trinajstić information content (AvgIpc) is 2.64. The van der Waals surface area contributed by atoms with E-state index in [0.29, 0.717) is 0 Å². The highest BCUT2D eigenvalue weighted by atomic mass is 16.2. The molecule has 132 valence electrons. The summed E-state index contributed by atoms with van der Waals surface area (Å²) in [5.41, 5.74) is 4.99. The molecule has 3 rings (SSSR count). The van der Waals surface area contributed by atoms with Gasteiger partial charge in [-0.1, -0.05) is 42.5 Å². The topological polar surface area (TPSA) is 35.6 Å². The first-order valence-corrected chi connectivity index (χ1v) is 8.97. The van der Waals surface area contributed by atoms with E-state index in [4.69, 9.17) is 0 Å². The van der Waals surface area contributed by atoms with Gasteiger partial charge in [0, 0.05) is 31.9 Å². The minimum absolute atomic E-state index is 0.0192. The van der Waals surface area contributed by atoms with Crippen LogP contribution in [-0.2, 0) is 0 Å². The number of urea groups is 1. The number of rotatable bonds is 3. The van der Waals surface area contributed by atoms with Gasteiger partial charge in [0.25, 0.3) is 0 Å². The SMILES string of the molecule is Cc1ccc(C)c(N2CCN(C(=O)NC(C)c3ccccc3)CC2)c1. The number of hydrogen-bond acceptors (Lipinski definition) is 2. The third-order valence-electron chi connectivity index (χ3n) is 4.91. The molecule has 0 radical (unpaired) electrons. The summed E-state index contributed by atoms with van der Waals surface area (Å²) in [6, 6.07) is 16.7. The van der Waals surface area contributed by atoms with E-state index in [2.05, 4.69) is 42.3 Å². The van der Waals surface area contributed by atoms with Crippen LogP contribution in [0.4, 0.5) is 10.5 Å². The minimum atomic E-state index is 0.0192. The number of piperazine rings is 1. The molecule has 25 heavy (non-hydrogen) atoms. The lowest BCUT2D eigenvalue weighted by molar-refractivity contribution is 0.191. The quantitative estimate of drug-likeness (QED) is 0.922. The van der Waals surface area contributed by atoms with E-state index in [-0.39, 0.29) is 12.1 Å². The van der Waals surface area contributed by atoms with Crippen LogP contribution in [0.5, 0.6) is 0 Å². The lowest BCUT2D eigenvalue weighted by Gasteiger charge is -2.37. The van der Waals surface area contributed by atoms with Crippen molar-refractivity contribution in [2.75, 3.05) is 31.1 Å². The highest BCUT2D eigenvalue weighted by molar-refractivity contribution is 5.75. The Morgan fingerprint density at radius 2 is 1.68 bits per heavy atom. The number of hydrogen-bond donors (Lipinski definition) is 1. The van der Waals surface area contributed by atoms with E-state index in [0.717, 1.165) is 31.7 Å². The number of carbonyl (C=O) groups excluding carboxylic acids is 1. The molecule has 1 aliphatic rings. The second-order valence-corrected chi connectivity index (χ2v) is 6.85. The minimum Gasteiger partial charge on any atom is -0.368 e. The van der Waals surface area contributed by atoms with Crippen LogP contribution >= 0.6 is 0 Å². The van der Waals surface area contributed by atoms with Crippen LogP contribution in [0, 0.1) is 13.8 Å². The smallest absolute Gasteiger partial charge is 0.317 e. The summed E-state index contributed by atoms with van der Waals surface area (Å²) in [4.78, 5) is 16.8. The molecule has 4 nitrogen and oxygen atoms in total. The highest BCUT2D eigenvalue weighted by Crippen LogP contribution is 2.23. The normalized spacial score (nSPS) is 15.8. The number of amides is 2. The molecule has 1 unspecified atom stereocenters. The van der Waals surface area contributed by atoms with Crippen molar-refractivity contribution in [3.63, 3.8) is 0 Å². The third kappa shape index (κ3) is 4.13. The number of benzene rings is 2. The Morgan fingerprint density at radius 3 is 2.36 bits per heavy atom. The monoisotopic (exact) mass is 337 g/mol. The van der Waals surface area contributed by atoms with Gasteiger partial charge in [0.1, 0.15) is 0 Å². The molecule has 1 saturated heterocycles. The van der Waals surface area contributed by atoms with Gasteiger partial charge >= 0.3 is 6.03 Å². The Kier molecular flexibility index (Phi) is 5.27. The second-order valence-electron chi connectivity index (χ2n) is 6.85. The number of nitrogens with one attached hydrogen (secondary N) is 1. The fraction of sp³-hybridized carbons (Fsp3) is 0.381. The Bertz CT molecular complexity index is 721. The van der Waals surface area contributed by atoms with Crippen LogP contribution in [0.2, 0.25) is 0 Å². The van der Waals surface area contributed by atoms with E-state index in [1.54, 1.807) is 0 Å². The van der Waals surface area contributed by atoms with Gasteiger partial charge in [-0.2, -0.15) is 0 Å². The summed E-state index contributed by atoms with van der Waals surface area (Å²) in [7, 11) is 0. The van der Waals surface area contributed by atoms with Crippen molar-refractivity contribution in [1.82, 2.24) is 10.2 Å². The maximum Gasteiger partial charge on any atom is 0.317 e. The first kappa shape index (κ1) is 17.3. The lowest BCUT2D eigenvalue weighted by Crippen LogP contribution is -2.52. The van der Waals surface area contributed by atoms with Gasteiger partial charge in [-0.05, 0) is 43.5 Å². The molecule has 2 aromatic rings. The number of aryl methyl sites for hydroxylation is 2. The standard InChI is InChI=1S/C21H27N3O/c1-16-9-10-17(2)20(15-16)23-11-13-24(14-12-23)21(25)22-18(3)19-7-5-4-6-8-19/h4-10,15,18H,11-14H2,1-3H3,(H,22,25). The molecular weight excluding hydrogens is 310 g/mol. The largest absolute Gasteiger partial charge is 0.368 e. The molecule has 1 heterocycles. The predicted octanol–water partition coefficient (Wildman–Crippen LogP) is 3.90. The molecule has 0 saturated carbocycles. The van der Waals surface area contributed by atoms with Crippen LogP contribution in [0.3, 0.4) is 0 Å². The van der Waals surface area contributed by atoms with Gasteiger partial charge < -0.3 is 15.1 Å².